The summed E-state index contributed by atoms with van der Waals surface area (Å²) in [6, 6.07) is 4.64. The van der Waals surface area contributed by atoms with E-state index in [2.05, 4.69) is 0 Å². The van der Waals surface area contributed by atoms with E-state index >= 15 is 0 Å². The van der Waals surface area contributed by atoms with E-state index in [4.69, 9.17) is 10.5 Å². The Morgan fingerprint density at radius 1 is 1.46 bits per heavy atom. The van der Waals surface area contributed by atoms with Crippen molar-refractivity contribution in [3.63, 3.8) is 0 Å². The molecule has 1 atom stereocenters. The highest BCUT2D eigenvalue weighted by Crippen LogP contribution is 2.23. The van der Waals surface area contributed by atoms with Gasteiger partial charge < -0.3 is 10.5 Å². The normalized spacial score (nSPS) is 11.7. The molecule has 0 saturated heterocycles. The topological polar surface area (TPSA) is 35.2 Å². The highest BCUT2D eigenvalue weighted by Gasteiger charge is 2.10. The van der Waals surface area contributed by atoms with E-state index in [9.17, 15) is 4.39 Å². The average Bonchev–Trinajstić information content (AvgIpc) is 2.04. The van der Waals surface area contributed by atoms with Crippen LogP contribution in [0.15, 0.2) is 18.2 Å². The fraction of sp³-hybridized carbons (Fsp3) is 0.333. The van der Waals surface area contributed by atoms with E-state index in [1.807, 2.05) is 0 Å². The van der Waals surface area contributed by atoms with Crippen LogP contribution in [-0.2, 0) is 0 Å². The molecule has 1 aromatic carbocycles. The van der Waals surface area contributed by atoms with Gasteiger partial charge in [-0.25, -0.2) is 4.39 Å². The molecule has 0 radical (unpaired) electrons. The molecule has 0 aliphatic carbocycles. The van der Waals surface area contributed by atoms with Crippen LogP contribution in [0.25, 0.3) is 0 Å². The van der Waals surface area contributed by atoms with Gasteiger partial charge in [-0.15, -0.1) is 12.4 Å². The maximum absolute atomic E-state index is 13.3. The first-order valence-electron chi connectivity index (χ1n) is 3.74. The van der Waals surface area contributed by atoms with E-state index in [0.717, 1.165) is 0 Å². The molecule has 2 nitrogen and oxygen atoms in total. The summed E-state index contributed by atoms with van der Waals surface area (Å²) < 4.78 is 18.1. The molecule has 2 N–H and O–H groups in total. The summed E-state index contributed by atoms with van der Waals surface area (Å²) in [5.41, 5.74) is 6.02. The van der Waals surface area contributed by atoms with Crippen molar-refractivity contribution in [2.75, 3.05) is 7.11 Å². The number of ether oxygens (including phenoxy) is 1. The van der Waals surface area contributed by atoms with Gasteiger partial charge in [-0.1, -0.05) is 12.1 Å². The number of benzene rings is 1. The molecule has 13 heavy (non-hydrogen) atoms. The lowest BCUT2D eigenvalue weighted by Crippen LogP contribution is -2.07. The van der Waals surface area contributed by atoms with E-state index in [-0.39, 0.29) is 30.0 Å². The lowest BCUT2D eigenvalue weighted by Gasteiger charge is -2.09. The van der Waals surface area contributed by atoms with E-state index in [1.165, 1.54) is 7.11 Å². The fourth-order valence-corrected chi connectivity index (χ4v) is 1.04. The van der Waals surface area contributed by atoms with Crippen molar-refractivity contribution in [1.82, 2.24) is 0 Å². The van der Waals surface area contributed by atoms with Gasteiger partial charge in [-0.05, 0) is 13.0 Å². The molecule has 0 heterocycles. The molecule has 0 amide bonds. The molecule has 0 aliphatic heterocycles. The van der Waals surface area contributed by atoms with Crippen molar-refractivity contribution in [3.05, 3.63) is 29.6 Å². The molecule has 1 rings (SSSR count). The second-order valence-corrected chi connectivity index (χ2v) is 2.65. The minimum absolute atomic E-state index is 0. The van der Waals surface area contributed by atoms with Gasteiger partial charge in [0.15, 0.2) is 11.6 Å². The van der Waals surface area contributed by atoms with Gasteiger partial charge in [-0.3, -0.25) is 0 Å². The van der Waals surface area contributed by atoms with Gasteiger partial charge in [0.2, 0.25) is 0 Å². The van der Waals surface area contributed by atoms with E-state index in [0.29, 0.717) is 5.56 Å². The van der Waals surface area contributed by atoms with E-state index in [1.54, 1.807) is 25.1 Å². The molecule has 0 aromatic heterocycles. The van der Waals surface area contributed by atoms with Crippen LogP contribution < -0.4 is 10.5 Å². The molecule has 0 spiro atoms. The average molecular weight is 206 g/mol. The third-order valence-electron chi connectivity index (χ3n) is 1.70. The Kier molecular flexibility index (Phi) is 4.73. The zero-order valence-electron chi connectivity index (χ0n) is 7.58. The molecule has 0 bridgehead atoms. The third-order valence-corrected chi connectivity index (χ3v) is 1.70. The van der Waals surface area contributed by atoms with Crippen LogP contribution in [-0.4, -0.2) is 7.11 Å². The SMILES string of the molecule is COc1cccc([C@H](C)N)c1F.Cl. The highest BCUT2D eigenvalue weighted by molar-refractivity contribution is 5.85. The standard InChI is InChI=1S/C9H12FNO.ClH/c1-6(11)7-4-3-5-8(12-2)9(7)10;/h3-6H,11H2,1-2H3;1H/t6-;/m0./s1. The van der Waals surface area contributed by atoms with Crippen LogP contribution in [0.1, 0.15) is 18.5 Å². The Morgan fingerprint density at radius 2 is 2.08 bits per heavy atom. The first kappa shape index (κ1) is 12.2. The maximum Gasteiger partial charge on any atom is 0.169 e. The van der Waals surface area contributed by atoms with Gasteiger partial charge in [0, 0.05) is 11.6 Å². The monoisotopic (exact) mass is 205 g/mol. The second kappa shape index (κ2) is 5.04. The Balaban J connectivity index is 0.00000144. The predicted octanol–water partition coefficient (Wildman–Crippen LogP) is 2.28. The van der Waals surface area contributed by atoms with Crippen LogP contribution in [0.4, 0.5) is 4.39 Å². The van der Waals surface area contributed by atoms with Crippen LogP contribution >= 0.6 is 12.4 Å². The predicted molar refractivity (Wildman–Crippen MR) is 52.8 cm³/mol. The Labute approximate surface area is 83.3 Å². The number of hydrogen-bond donors (Lipinski definition) is 1. The minimum Gasteiger partial charge on any atom is -0.494 e. The van der Waals surface area contributed by atoms with Crippen LogP contribution in [0.5, 0.6) is 5.75 Å². The summed E-state index contributed by atoms with van der Waals surface area (Å²) in [5.74, 6) is -0.125. The maximum atomic E-state index is 13.3. The van der Waals surface area contributed by atoms with E-state index < -0.39 is 0 Å². The van der Waals surface area contributed by atoms with Gasteiger partial charge in [0.1, 0.15) is 0 Å². The lowest BCUT2D eigenvalue weighted by atomic mass is 10.1. The van der Waals surface area contributed by atoms with Crippen molar-refractivity contribution < 1.29 is 9.13 Å². The smallest absolute Gasteiger partial charge is 0.169 e. The Morgan fingerprint density at radius 3 is 2.54 bits per heavy atom. The molecule has 0 aliphatic rings. The number of rotatable bonds is 2. The summed E-state index contributed by atoms with van der Waals surface area (Å²) in [7, 11) is 1.43. The van der Waals surface area contributed by atoms with Gasteiger partial charge in [0.25, 0.3) is 0 Å². The zero-order valence-corrected chi connectivity index (χ0v) is 8.40. The van der Waals surface area contributed by atoms with Crippen molar-refractivity contribution in [1.29, 1.82) is 0 Å². The van der Waals surface area contributed by atoms with Crippen molar-refractivity contribution in [2.24, 2.45) is 5.73 Å². The van der Waals surface area contributed by atoms with Crippen molar-refractivity contribution >= 4 is 12.4 Å². The third kappa shape index (κ3) is 2.57. The second-order valence-electron chi connectivity index (χ2n) is 2.65. The first-order valence-corrected chi connectivity index (χ1v) is 3.74. The first-order chi connectivity index (χ1) is 5.66. The number of methoxy groups -OCH3 is 1. The number of nitrogens with two attached hydrogens (primary N) is 1. The summed E-state index contributed by atoms with van der Waals surface area (Å²) in [6.45, 7) is 1.73. The molecule has 74 valence electrons. The zero-order chi connectivity index (χ0) is 9.14. The fourth-order valence-electron chi connectivity index (χ4n) is 1.04. The Bertz CT molecular complexity index is 278. The largest absolute Gasteiger partial charge is 0.494 e. The molecular formula is C9H13ClFNO. The Hall–Kier alpha value is -0.800. The van der Waals surface area contributed by atoms with Crippen LogP contribution in [0.2, 0.25) is 0 Å². The molecule has 1 aromatic rings. The minimum atomic E-state index is -0.366. The number of halogens is 2. The van der Waals surface area contributed by atoms with Crippen LogP contribution in [0, 0.1) is 5.82 Å². The van der Waals surface area contributed by atoms with Crippen molar-refractivity contribution in [2.45, 2.75) is 13.0 Å². The van der Waals surface area contributed by atoms with Crippen molar-refractivity contribution in [3.8, 4) is 5.75 Å². The summed E-state index contributed by atoms with van der Waals surface area (Å²) in [5, 5.41) is 0. The summed E-state index contributed by atoms with van der Waals surface area (Å²) >= 11 is 0. The molecule has 0 fully saturated rings. The molecule has 0 unspecified atom stereocenters. The summed E-state index contributed by atoms with van der Waals surface area (Å²) in [4.78, 5) is 0. The van der Waals surface area contributed by atoms with Gasteiger partial charge >= 0.3 is 0 Å². The highest BCUT2D eigenvalue weighted by atomic mass is 35.5. The molecular weight excluding hydrogens is 193 g/mol. The van der Waals surface area contributed by atoms with Crippen LogP contribution in [0.3, 0.4) is 0 Å². The number of hydrogen-bond acceptors (Lipinski definition) is 2. The lowest BCUT2D eigenvalue weighted by molar-refractivity contribution is 0.383. The molecule has 4 heteroatoms. The van der Waals surface area contributed by atoms with Gasteiger partial charge in [-0.2, -0.15) is 0 Å². The van der Waals surface area contributed by atoms with Gasteiger partial charge in [0.05, 0.1) is 7.11 Å². The molecule has 0 saturated carbocycles. The summed E-state index contributed by atoms with van der Waals surface area (Å²) in [6.07, 6.45) is 0. The quantitative estimate of drug-likeness (QED) is 0.804.